The van der Waals surface area contributed by atoms with Crippen molar-refractivity contribution in [3.63, 3.8) is 0 Å². The lowest BCUT2D eigenvalue weighted by Gasteiger charge is -2.22. The lowest BCUT2D eigenvalue weighted by molar-refractivity contribution is -0.143. The molecule has 0 aromatic rings. The van der Waals surface area contributed by atoms with E-state index in [2.05, 4.69) is 20.8 Å². The summed E-state index contributed by atoms with van der Waals surface area (Å²) < 4.78 is 0. The SMILES string of the molecule is CC(C)(C)CCC1CCCC1C(=O)O. The zero-order chi connectivity index (χ0) is 10.8. The Morgan fingerprint density at radius 2 is 2.00 bits per heavy atom. The fourth-order valence-corrected chi connectivity index (χ4v) is 2.33. The first-order chi connectivity index (χ1) is 6.40. The van der Waals surface area contributed by atoms with E-state index in [0.717, 1.165) is 32.1 Å². The molecule has 0 aromatic heterocycles. The van der Waals surface area contributed by atoms with Crippen molar-refractivity contribution < 1.29 is 9.90 Å². The highest BCUT2D eigenvalue weighted by molar-refractivity contribution is 5.70. The summed E-state index contributed by atoms with van der Waals surface area (Å²) in [4.78, 5) is 10.9. The normalized spacial score (nSPS) is 27.9. The van der Waals surface area contributed by atoms with E-state index in [-0.39, 0.29) is 5.92 Å². The van der Waals surface area contributed by atoms with Gasteiger partial charge in [-0.05, 0) is 37.0 Å². The molecule has 82 valence electrons. The fourth-order valence-electron chi connectivity index (χ4n) is 2.33. The molecule has 0 saturated heterocycles. The molecule has 0 bridgehead atoms. The Kier molecular flexibility index (Phi) is 3.57. The van der Waals surface area contributed by atoms with Crippen LogP contribution in [-0.4, -0.2) is 11.1 Å². The maximum Gasteiger partial charge on any atom is 0.306 e. The third-order valence-corrected chi connectivity index (χ3v) is 3.24. The highest BCUT2D eigenvalue weighted by Crippen LogP contribution is 2.37. The summed E-state index contributed by atoms with van der Waals surface area (Å²) in [6.45, 7) is 6.66. The average Bonchev–Trinajstić information content (AvgIpc) is 2.46. The van der Waals surface area contributed by atoms with E-state index < -0.39 is 5.97 Å². The third-order valence-electron chi connectivity index (χ3n) is 3.24. The van der Waals surface area contributed by atoms with Gasteiger partial charge in [-0.1, -0.05) is 27.2 Å². The quantitative estimate of drug-likeness (QED) is 0.755. The van der Waals surface area contributed by atoms with Gasteiger partial charge in [-0.25, -0.2) is 0 Å². The summed E-state index contributed by atoms with van der Waals surface area (Å²) in [6, 6.07) is 0. The van der Waals surface area contributed by atoms with Crippen molar-refractivity contribution in [3.8, 4) is 0 Å². The van der Waals surface area contributed by atoms with E-state index in [9.17, 15) is 4.79 Å². The van der Waals surface area contributed by atoms with Gasteiger partial charge < -0.3 is 5.11 Å². The van der Waals surface area contributed by atoms with E-state index >= 15 is 0 Å². The predicted octanol–water partition coefficient (Wildman–Crippen LogP) is 3.31. The first-order valence-electron chi connectivity index (χ1n) is 5.63. The lowest BCUT2D eigenvalue weighted by atomic mass is 9.83. The van der Waals surface area contributed by atoms with Crippen LogP contribution in [0.5, 0.6) is 0 Å². The van der Waals surface area contributed by atoms with Crippen LogP contribution in [0, 0.1) is 17.3 Å². The summed E-state index contributed by atoms with van der Waals surface area (Å²) in [5, 5.41) is 9.01. The van der Waals surface area contributed by atoms with Crippen LogP contribution in [0.15, 0.2) is 0 Å². The fraction of sp³-hybridized carbons (Fsp3) is 0.917. The van der Waals surface area contributed by atoms with Crippen molar-refractivity contribution >= 4 is 5.97 Å². The van der Waals surface area contributed by atoms with Crippen molar-refractivity contribution in [1.29, 1.82) is 0 Å². The molecule has 1 fully saturated rings. The van der Waals surface area contributed by atoms with Crippen LogP contribution >= 0.6 is 0 Å². The van der Waals surface area contributed by atoms with Crippen LogP contribution in [0.25, 0.3) is 0 Å². The molecule has 1 aliphatic carbocycles. The van der Waals surface area contributed by atoms with Crippen LogP contribution in [0.1, 0.15) is 52.9 Å². The highest BCUT2D eigenvalue weighted by Gasteiger charge is 2.33. The molecule has 1 rings (SSSR count). The maximum absolute atomic E-state index is 10.9. The van der Waals surface area contributed by atoms with Gasteiger partial charge in [-0.2, -0.15) is 0 Å². The Balaban J connectivity index is 2.40. The molecule has 0 aliphatic heterocycles. The van der Waals surface area contributed by atoms with E-state index in [4.69, 9.17) is 5.11 Å². The van der Waals surface area contributed by atoms with Crippen LogP contribution in [0.4, 0.5) is 0 Å². The number of carboxylic acid groups (broad SMARTS) is 1. The lowest BCUT2D eigenvalue weighted by Crippen LogP contribution is -2.19. The number of hydrogen-bond acceptors (Lipinski definition) is 1. The van der Waals surface area contributed by atoms with Crippen molar-refractivity contribution in [1.82, 2.24) is 0 Å². The summed E-state index contributed by atoms with van der Waals surface area (Å²) in [6.07, 6.45) is 5.34. The summed E-state index contributed by atoms with van der Waals surface area (Å²) in [7, 11) is 0. The minimum absolute atomic E-state index is 0.0580. The zero-order valence-electron chi connectivity index (χ0n) is 9.55. The smallest absolute Gasteiger partial charge is 0.306 e. The van der Waals surface area contributed by atoms with Gasteiger partial charge >= 0.3 is 5.97 Å². The van der Waals surface area contributed by atoms with Gasteiger partial charge in [0.2, 0.25) is 0 Å². The monoisotopic (exact) mass is 198 g/mol. The van der Waals surface area contributed by atoms with Gasteiger partial charge in [0.15, 0.2) is 0 Å². The second-order valence-electron chi connectivity index (χ2n) is 5.74. The molecule has 1 N–H and O–H groups in total. The zero-order valence-corrected chi connectivity index (χ0v) is 9.55. The van der Waals surface area contributed by atoms with Gasteiger partial charge in [0.1, 0.15) is 0 Å². The van der Waals surface area contributed by atoms with Crippen molar-refractivity contribution in [3.05, 3.63) is 0 Å². The highest BCUT2D eigenvalue weighted by atomic mass is 16.4. The molecule has 2 unspecified atom stereocenters. The van der Waals surface area contributed by atoms with Gasteiger partial charge in [0.25, 0.3) is 0 Å². The van der Waals surface area contributed by atoms with Gasteiger partial charge in [-0.15, -0.1) is 0 Å². The Morgan fingerprint density at radius 3 is 2.50 bits per heavy atom. The molecular weight excluding hydrogens is 176 g/mol. The minimum Gasteiger partial charge on any atom is -0.481 e. The summed E-state index contributed by atoms with van der Waals surface area (Å²) in [5.74, 6) is -0.203. The Bertz CT molecular complexity index is 203. The summed E-state index contributed by atoms with van der Waals surface area (Å²) in [5.41, 5.74) is 0.339. The molecule has 0 radical (unpaired) electrons. The van der Waals surface area contributed by atoms with Crippen molar-refractivity contribution in [2.24, 2.45) is 17.3 Å². The first-order valence-corrected chi connectivity index (χ1v) is 5.63. The molecule has 2 atom stereocenters. The second kappa shape index (κ2) is 4.33. The standard InChI is InChI=1S/C12H22O2/c1-12(2,3)8-7-9-5-4-6-10(9)11(13)14/h9-10H,4-8H2,1-3H3,(H,13,14). The largest absolute Gasteiger partial charge is 0.481 e. The number of carbonyl (C=O) groups is 1. The molecule has 0 spiro atoms. The van der Waals surface area contributed by atoms with Crippen molar-refractivity contribution in [2.45, 2.75) is 52.9 Å². The average molecular weight is 198 g/mol. The topological polar surface area (TPSA) is 37.3 Å². The Labute approximate surface area is 86.7 Å². The molecule has 14 heavy (non-hydrogen) atoms. The maximum atomic E-state index is 10.9. The second-order valence-corrected chi connectivity index (χ2v) is 5.74. The van der Waals surface area contributed by atoms with Crippen LogP contribution in [0.2, 0.25) is 0 Å². The van der Waals surface area contributed by atoms with Gasteiger partial charge in [0.05, 0.1) is 5.92 Å². The predicted molar refractivity (Wildman–Crippen MR) is 57.2 cm³/mol. The van der Waals surface area contributed by atoms with Crippen LogP contribution < -0.4 is 0 Å². The van der Waals surface area contributed by atoms with Gasteiger partial charge in [0, 0.05) is 0 Å². The molecule has 2 heteroatoms. The summed E-state index contributed by atoms with van der Waals surface area (Å²) >= 11 is 0. The molecule has 2 nitrogen and oxygen atoms in total. The van der Waals surface area contributed by atoms with E-state index in [1.54, 1.807) is 0 Å². The van der Waals surface area contributed by atoms with Crippen LogP contribution in [0.3, 0.4) is 0 Å². The Morgan fingerprint density at radius 1 is 1.36 bits per heavy atom. The molecular formula is C12H22O2. The molecule has 0 amide bonds. The molecule has 1 saturated carbocycles. The molecule has 0 heterocycles. The molecule has 1 aliphatic rings. The van der Waals surface area contributed by atoms with Crippen LogP contribution in [-0.2, 0) is 4.79 Å². The van der Waals surface area contributed by atoms with Gasteiger partial charge in [-0.3, -0.25) is 4.79 Å². The minimum atomic E-state index is -0.582. The molecule has 0 aromatic carbocycles. The number of aliphatic carboxylic acids is 1. The first kappa shape index (κ1) is 11.5. The van der Waals surface area contributed by atoms with E-state index in [1.807, 2.05) is 0 Å². The van der Waals surface area contributed by atoms with E-state index in [0.29, 0.717) is 11.3 Å². The number of rotatable bonds is 3. The van der Waals surface area contributed by atoms with Crippen molar-refractivity contribution in [2.75, 3.05) is 0 Å². The number of carboxylic acids is 1. The Hall–Kier alpha value is -0.530. The number of hydrogen-bond donors (Lipinski definition) is 1. The third kappa shape index (κ3) is 3.32. The van der Waals surface area contributed by atoms with E-state index in [1.165, 1.54) is 0 Å².